The Balaban J connectivity index is 1.58. The van der Waals surface area contributed by atoms with E-state index in [1.54, 1.807) is 18.3 Å². The van der Waals surface area contributed by atoms with Crippen molar-refractivity contribution in [2.45, 2.75) is 0 Å². The van der Waals surface area contributed by atoms with E-state index in [1.807, 2.05) is 23.6 Å². The first-order chi connectivity index (χ1) is 13.6. The molecule has 4 aromatic rings. The largest absolute Gasteiger partial charge is 0.350 e. The quantitative estimate of drug-likeness (QED) is 0.306. The number of carbonyl (C=O) groups is 1. The van der Waals surface area contributed by atoms with Crippen molar-refractivity contribution >= 4 is 40.3 Å². The molecule has 0 unspecified atom stereocenters. The average molecular weight is 413 g/mol. The third-order valence-electron chi connectivity index (χ3n) is 4.26. The zero-order valence-electron chi connectivity index (χ0n) is 14.6. The highest BCUT2D eigenvalue weighted by Crippen LogP contribution is 2.29. The number of benzene rings is 1. The lowest BCUT2D eigenvalue weighted by molar-refractivity contribution is 0.0960. The van der Waals surface area contributed by atoms with Gasteiger partial charge in [0.2, 0.25) is 0 Å². The number of hydrogen-bond donors (Lipinski definition) is 3. The Morgan fingerprint density at radius 2 is 2.00 bits per heavy atom. The van der Waals surface area contributed by atoms with E-state index >= 15 is 0 Å². The van der Waals surface area contributed by atoms with Crippen molar-refractivity contribution in [1.29, 1.82) is 0 Å². The Bertz CT molecular complexity index is 1120. The SMILES string of the molecule is O=C(NCCSO)c1cc(-c2cnc3[nH]c(-c4ccc(F)cc4)cc3c2)cs1. The number of amides is 1. The first-order valence-electron chi connectivity index (χ1n) is 8.52. The minimum atomic E-state index is -0.271. The van der Waals surface area contributed by atoms with Crippen molar-refractivity contribution in [3.63, 3.8) is 0 Å². The highest BCUT2D eigenvalue weighted by molar-refractivity contribution is 7.93. The van der Waals surface area contributed by atoms with Gasteiger partial charge in [0.25, 0.3) is 5.91 Å². The molecular formula is C20H16FN3O2S2. The molecule has 0 aliphatic heterocycles. The Labute approximate surface area is 168 Å². The normalized spacial score (nSPS) is 11.1. The molecule has 0 saturated heterocycles. The van der Waals surface area contributed by atoms with Crippen molar-refractivity contribution in [3.05, 3.63) is 64.7 Å². The average Bonchev–Trinajstić information content (AvgIpc) is 3.35. The Kier molecular flexibility index (Phi) is 5.43. The maximum absolute atomic E-state index is 13.1. The van der Waals surface area contributed by atoms with Gasteiger partial charge in [0.05, 0.1) is 4.88 Å². The Morgan fingerprint density at radius 1 is 1.18 bits per heavy atom. The third-order valence-corrected chi connectivity index (χ3v) is 5.58. The molecule has 5 nitrogen and oxygen atoms in total. The number of nitrogens with one attached hydrogen (secondary N) is 2. The van der Waals surface area contributed by atoms with Gasteiger partial charge in [0.1, 0.15) is 11.5 Å². The minimum Gasteiger partial charge on any atom is -0.350 e. The van der Waals surface area contributed by atoms with Gasteiger partial charge >= 0.3 is 0 Å². The summed E-state index contributed by atoms with van der Waals surface area (Å²) < 4.78 is 21.8. The van der Waals surface area contributed by atoms with E-state index in [-0.39, 0.29) is 11.7 Å². The van der Waals surface area contributed by atoms with Gasteiger partial charge in [-0.2, -0.15) is 0 Å². The van der Waals surface area contributed by atoms with Gasteiger partial charge < -0.3 is 14.9 Å². The number of aromatic nitrogens is 2. The molecule has 4 rings (SSSR count). The number of hydrogen-bond acceptors (Lipinski definition) is 5. The molecule has 1 amide bonds. The summed E-state index contributed by atoms with van der Waals surface area (Å²) in [5.74, 6) is 0.0290. The van der Waals surface area contributed by atoms with E-state index in [0.29, 0.717) is 29.2 Å². The molecule has 0 spiro atoms. The standard InChI is InChI=1S/C20H16FN3O2S2/c21-16-3-1-12(2-4-16)17-8-13-7-14(10-23-19(13)24-17)15-9-18(27-11-15)20(25)22-5-6-28-26/h1-4,7-11,26H,5-6H2,(H,22,25)(H,23,24). The first-order valence-corrected chi connectivity index (χ1v) is 10.3. The summed E-state index contributed by atoms with van der Waals surface area (Å²) in [5, 5.41) is 5.62. The Hall–Kier alpha value is -2.68. The summed E-state index contributed by atoms with van der Waals surface area (Å²) >= 11 is 2.07. The van der Waals surface area contributed by atoms with Crippen LogP contribution in [0.2, 0.25) is 0 Å². The second-order valence-electron chi connectivity index (χ2n) is 6.14. The summed E-state index contributed by atoms with van der Waals surface area (Å²) in [6.07, 6.45) is 1.76. The number of rotatable bonds is 6. The van der Waals surface area contributed by atoms with E-state index in [0.717, 1.165) is 33.4 Å². The van der Waals surface area contributed by atoms with E-state index in [4.69, 9.17) is 4.55 Å². The lowest BCUT2D eigenvalue weighted by Gasteiger charge is -2.00. The first kappa shape index (κ1) is 18.7. The fraction of sp³-hybridized carbons (Fsp3) is 0.100. The molecule has 3 N–H and O–H groups in total. The number of pyridine rings is 1. The van der Waals surface area contributed by atoms with Crippen LogP contribution >= 0.6 is 23.4 Å². The number of thiophene rings is 1. The molecule has 0 aliphatic carbocycles. The van der Waals surface area contributed by atoms with Crippen molar-refractivity contribution in [3.8, 4) is 22.4 Å². The highest BCUT2D eigenvalue weighted by atomic mass is 32.2. The molecule has 142 valence electrons. The van der Waals surface area contributed by atoms with Gasteiger partial charge in [0, 0.05) is 35.1 Å². The van der Waals surface area contributed by atoms with Crippen LogP contribution in [0.4, 0.5) is 4.39 Å². The summed E-state index contributed by atoms with van der Waals surface area (Å²) in [4.78, 5) is 20.5. The van der Waals surface area contributed by atoms with E-state index in [1.165, 1.54) is 23.5 Å². The summed E-state index contributed by atoms with van der Waals surface area (Å²) in [7, 11) is 0. The lowest BCUT2D eigenvalue weighted by Crippen LogP contribution is -2.24. The van der Waals surface area contributed by atoms with Crippen molar-refractivity contribution in [1.82, 2.24) is 15.3 Å². The number of aromatic amines is 1. The predicted octanol–water partition coefficient (Wildman–Crippen LogP) is 5.03. The maximum atomic E-state index is 13.1. The second-order valence-corrected chi connectivity index (χ2v) is 7.72. The smallest absolute Gasteiger partial charge is 0.261 e. The molecule has 3 aromatic heterocycles. The predicted molar refractivity (Wildman–Crippen MR) is 112 cm³/mol. The third kappa shape index (κ3) is 3.94. The van der Waals surface area contributed by atoms with Crippen LogP contribution < -0.4 is 5.32 Å². The summed E-state index contributed by atoms with van der Waals surface area (Å²) in [5.41, 5.74) is 4.34. The molecule has 1 aromatic carbocycles. The van der Waals surface area contributed by atoms with E-state index in [9.17, 15) is 9.18 Å². The van der Waals surface area contributed by atoms with Gasteiger partial charge in [-0.3, -0.25) is 4.79 Å². The second kappa shape index (κ2) is 8.14. The van der Waals surface area contributed by atoms with Crippen molar-refractivity contribution in [2.75, 3.05) is 12.3 Å². The van der Waals surface area contributed by atoms with Crippen LogP contribution in [0, 0.1) is 5.82 Å². The van der Waals surface area contributed by atoms with Crippen LogP contribution in [-0.4, -0.2) is 32.7 Å². The Morgan fingerprint density at radius 3 is 2.79 bits per heavy atom. The topological polar surface area (TPSA) is 78.0 Å². The molecule has 0 saturated carbocycles. The zero-order chi connectivity index (χ0) is 19.5. The summed E-state index contributed by atoms with van der Waals surface area (Å²) in [6.45, 7) is 0.413. The molecule has 0 radical (unpaired) electrons. The highest BCUT2D eigenvalue weighted by Gasteiger charge is 2.11. The molecule has 0 fully saturated rings. The molecule has 8 heteroatoms. The monoisotopic (exact) mass is 413 g/mol. The lowest BCUT2D eigenvalue weighted by atomic mass is 10.1. The van der Waals surface area contributed by atoms with Gasteiger partial charge in [-0.05, 0) is 71.0 Å². The van der Waals surface area contributed by atoms with E-state index in [2.05, 4.69) is 15.3 Å². The molecule has 0 atom stereocenters. The van der Waals surface area contributed by atoms with Crippen LogP contribution in [0.5, 0.6) is 0 Å². The number of carbonyl (C=O) groups excluding carboxylic acids is 1. The van der Waals surface area contributed by atoms with Crippen LogP contribution in [0.1, 0.15) is 9.67 Å². The van der Waals surface area contributed by atoms with Gasteiger partial charge in [-0.15, -0.1) is 11.3 Å². The number of fused-ring (bicyclic) bond motifs is 1. The van der Waals surface area contributed by atoms with Crippen molar-refractivity contribution in [2.24, 2.45) is 0 Å². The number of halogens is 1. The molecule has 3 heterocycles. The molecule has 0 bridgehead atoms. The number of nitrogens with zero attached hydrogens (tertiary/aromatic N) is 1. The van der Waals surface area contributed by atoms with Crippen LogP contribution in [0.15, 0.2) is 54.0 Å². The van der Waals surface area contributed by atoms with E-state index < -0.39 is 0 Å². The fourth-order valence-corrected chi connectivity index (χ4v) is 3.89. The van der Waals surface area contributed by atoms with Crippen LogP contribution in [0.3, 0.4) is 0 Å². The van der Waals surface area contributed by atoms with Crippen LogP contribution in [0.25, 0.3) is 33.4 Å². The van der Waals surface area contributed by atoms with Gasteiger partial charge in [0.15, 0.2) is 0 Å². The minimum absolute atomic E-state index is 0.153. The summed E-state index contributed by atoms with van der Waals surface area (Å²) in [6, 6.07) is 12.1. The van der Waals surface area contributed by atoms with Crippen molar-refractivity contribution < 1.29 is 13.7 Å². The molecule has 28 heavy (non-hydrogen) atoms. The van der Waals surface area contributed by atoms with Gasteiger partial charge in [-0.1, -0.05) is 0 Å². The number of H-pyrrole nitrogens is 1. The van der Waals surface area contributed by atoms with Crippen LogP contribution in [-0.2, 0) is 0 Å². The molecular weight excluding hydrogens is 397 g/mol. The fourth-order valence-electron chi connectivity index (χ4n) is 2.86. The van der Waals surface area contributed by atoms with Gasteiger partial charge in [-0.25, -0.2) is 9.37 Å². The maximum Gasteiger partial charge on any atom is 0.261 e. The molecule has 0 aliphatic rings. The zero-order valence-corrected chi connectivity index (χ0v) is 16.2.